The highest BCUT2D eigenvalue weighted by Gasteiger charge is 2.35. The Morgan fingerprint density at radius 1 is 1.25 bits per heavy atom. The molecular formula is C14H18N2O3S. The minimum atomic E-state index is -3.36. The third-order valence-electron chi connectivity index (χ3n) is 4.02. The molecule has 6 heteroatoms. The molecule has 0 radical (unpaired) electrons. The van der Waals surface area contributed by atoms with Crippen molar-refractivity contribution in [3.8, 4) is 0 Å². The van der Waals surface area contributed by atoms with E-state index >= 15 is 0 Å². The van der Waals surface area contributed by atoms with Crippen molar-refractivity contribution in [2.45, 2.75) is 36.6 Å². The Balaban J connectivity index is 2.15. The molecule has 0 aromatic heterocycles. The van der Waals surface area contributed by atoms with Crippen molar-refractivity contribution in [1.29, 1.82) is 0 Å². The van der Waals surface area contributed by atoms with Gasteiger partial charge in [-0.05, 0) is 25.0 Å². The first-order valence-corrected chi connectivity index (χ1v) is 8.78. The third kappa shape index (κ3) is 2.18. The molecule has 0 spiro atoms. The predicted octanol–water partition coefficient (Wildman–Crippen LogP) is 1.79. The van der Waals surface area contributed by atoms with Crippen LogP contribution in [0.25, 0.3) is 0 Å². The molecule has 3 rings (SSSR count). The molecule has 1 aromatic carbocycles. The second kappa shape index (κ2) is 4.77. The summed E-state index contributed by atoms with van der Waals surface area (Å²) in [4.78, 5) is 14.5. The molecule has 108 valence electrons. The summed E-state index contributed by atoms with van der Waals surface area (Å²) >= 11 is 0. The lowest BCUT2D eigenvalue weighted by Gasteiger charge is -2.37. The number of para-hydroxylation sites is 1. The van der Waals surface area contributed by atoms with Crippen molar-refractivity contribution in [3.05, 3.63) is 18.2 Å². The number of carbonyl (C=O) groups is 1. The van der Waals surface area contributed by atoms with E-state index in [1.807, 2.05) is 6.07 Å². The van der Waals surface area contributed by atoms with Gasteiger partial charge in [-0.1, -0.05) is 18.9 Å². The lowest BCUT2D eigenvalue weighted by molar-refractivity contribution is -0.117. The number of nitrogens with one attached hydrogen (secondary N) is 1. The molecule has 1 N–H and O–H groups in total. The summed E-state index contributed by atoms with van der Waals surface area (Å²) in [6.07, 6.45) is 5.18. The summed E-state index contributed by atoms with van der Waals surface area (Å²) in [6, 6.07) is 5.02. The van der Waals surface area contributed by atoms with E-state index in [0.717, 1.165) is 37.9 Å². The highest BCUT2D eigenvalue weighted by atomic mass is 32.2. The lowest BCUT2D eigenvalue weighted by Crippen LogP contribution is -2.48. The van der Waals surface area contributed by atoms with Gasteiger partial charge >= 0.3 is 0 Å². The maximum absolute atomic E-state index is 12.3. The number of nitrogens with zero attached hydrogens (tertiary/aromatic N) is 1. The molecule has 0 aliphatic carbocycles. The van der Waals surface area contributed by atoms with E-state index in [-0.39, 0.29) is 16.8 Å². The van der Waals surface area contributed by atoms with E-state index in [2.05, 4.69) is 10.2 Å². The van der Waals surface area contributed by atoms with E-state index in [0.29, 0.717) is 5.69 Å². The van der Waals surface area contributed by atoms with Crippen molar-refractivity contribution in [3.63, 3.8) is 0 Å². The average molecular weight is 294 g/mol. The van der Waals surface area contributed by atoms with Gasteiger partial charge in [-0.3, -0.25) is 4.79 Å². The van der Waals surface area contributed by atoms with Crippen molar-refractivity contribution in [2.24, 2.45) is 0 Å². The number of carbonyl (C=O) groups excluding carboxylic acids is 1. The molecule has 2 aliphatic heterocycles. The zero-order chi connectivity index (χ0) is 14.3. The molecule has 20 heavy (non-hydrogen) atoms. The summed E-state index contributed by atoms with van der Waals surface area (Å²) in [5, 5.41) is 2.80. The number of hydrogen-bond acceptors (Lipinski definition) is 4. The molecule has 1 unspecified atom stereocenters. The van der Waals surface area contributed by atoms with Crippen LogP contribution in [0, 0.1) is 0 Å². The van der Waals surface area contributed by atoms with Crippen LogP contribution in [0.2, 0.25) is 0 Å². The summed E-state index contributed by atoms with van der Waals surface area (Å²) in [5.74, 6) is -0.0875. The fourth-order valence-electron chi connectivity index (χ4n) is 3.07. The van der Waals surface area contributed by atoms with E-state index in [1.54, 1.807) is 12.1 Å². The molecule has 0 bridgehead atoms. The van der Waals surface area contributed by atoms with Gasteiger partial charge in [0, 0.05) is 12.8 Å². The van der Waals surface area contributed by atoms with Gasteiger partial charge in [0.2, 0.25) is 5.91 Å². The molecule has 0 saturated carbocycles. The second-order valence-electron chi connectivity index (χ2n) is 5.47. The number of amides is 1. The Kier molecular flexibility index (Phi) is 3.20. The molecule has 2 heterocycles. The Morgan fingerprint density at radius 2 is 2.05 bits per heavy atom. The van der Waals surface area contributed by atoms with E-state index in [4.69, 9.17) is 0 Å². The first-order chi connectivity index (χ1) is 9.48. The van der Waals surface area contributed by atoms with Gasteiger partial charge in [0.1, 0.15) is 6.04 Å². The minimum absolute atomic E-state index is 0.0875. The summed E-state index contributed by atoms with van der Waals surface area (Å²) < 4.78 is 23.7. The lowest BCUT2D eigenvalue weighted by atomic mass is 10.0. The smallest absolute Gasteiger partial charge is 0.247 e. The minimum Gasteiger partial charge on any atom is -0.358 e. The molecule has 1 aromatic rings. The largest absolute Gasteiger partial charge is 0.358 e. The van der Waals surface area contributed by atoms with Crippen LogP contribution < -0.4 is 10.2 Å². The quantitative estimate of drug-likeness (QED) is 0.857. The Labute approximate surface area is 118 Å². The van der Waals surface area contributed by atoms with E-state index in [9.17, 15) is 13.2 Å². The molecule has 5 nitrogen and oxygen atoms in total. The molecule has 1 fully saturated rings. The van der Waals surface area contributed by atoms with Gasteiger partial charge in [0.05, 0.1) is 16.3 Å². The Bertz CT molecular complexity index is 654. The monoisotopic (exact) mass is 294 g/mol. The van der Waals surface area contributed by atoms with Crippen LogP contribution >= 0.6 is 0 Å². The van der Waals surface area contributed by atoms with E-state index < -0.39 is 9.84 Å². The molecule has 1 atom stereocenters. The van der Waals surface area contributed by atoms with Crippen LogP contribution in [0.4, 0.5) is 11.4 Å². The predicted molar refractivity (Wildman–Crippen MR) is 77.8 cm³/mol. The zero-order valence-corrected chi connectivity index (χ0v) is 12.2. The molecule has 1 saturated heterocycles. The number of anilines is 2. The Hall–Kier alpha value is -1.56. The fraction of sp³-hybridized carbons (Fsp3) is 0.500. The SMILES string of the molecule is CS(=O)(=O)c1cccc2c1NC(=O)C1CCCCCN21. The molecular weight excluding hydrogens is 276 g/mol. The number of benzene rings is 1. The van der Waals surface area contributed by atoms with Gasteiger partial charge in [-0.15, -0.1) is 0 Å². The van der Waals surface area contributed by atoms with Crippen LogP contribution in [0.5, 0.6) is 0 Å². The van der Waals surface area contributed by atoms with Gasteiger partial charge in [-0.25, -0.2) is 8.42 Å². The van der Waals surface area contributed by atoms with Gasteiger partial charge in [0.25, 0.3) is 0 Å². The van der Waals surface area contributed by atoms with Crippen LogP contribution in [-0.4, -0.2) is 33.2 Å². The Morgan fingerprint density at radius 3 is 2.80 bits per heavy atom. The van der Waals surface area contributed by atoms with Crippen molar-refractivity contribution in [1.82, 2.24) is 0 Å². The van der Waals surface area contributed by atoms with Crippen LogP contribution in [0.3, 0.4) is 0 Å². The number of fused-ring (bicyclic) bond motifs is 3. The standard InChI is InChI=1S/C14H18N2O3S/c1-20(18,19)12-8-5-7-10-13(12)15-14(17)11-6-3-2-4-9-16(10)11/h5,7-8,11H,2-4,6,9H2,1H3,(H,15,17). The van der Waals surface area contributed by atoms with Crippen molar-refractivity contribution < 1.29 is 13.2 Å². The van der Waals surface area contributed by atoms with Gasteiger partial charge in [-0.2, -0.15) is 0 Å². The highest BCUT2D eigenvalue weighted by Crippen LogP contribution is 2.39. The van der Waals surface area contributed by atoms with Gasteiger partial charge in [0.15, 0.2) is 9.84 Å². The fourth-order valence-corrected chi connectivity index (χ4v) is 3.92. The first-order valence-electron chi connectivity index (χ1n) is 6.89. The normalized spacial score (nSPS) is 22.6. The van der Waals surface area contributed by atoms with E-state index in [1.165, 1.54) is 6.26 Å². The number of rotatable bonds is 1. The second-order valence-corrected chi connectivity index (χ2v) is 7.45. The maximum Gasteiger partial charge on any atom is 0.247 e. The number of hydrogen-bond donors (Lipinski definition) is 1. The average Bonchev–Trinajstić information content (AvgIpc) is 2.63. The maximum atomic E-state index is 12.3. The third-order valence-corrected chi connectivity index (χ3v) is 5.16. The summed E-state index contributed by atoms with van der Waals surface area (Å²) in [7, 11) is -3.36. The molecule has 1 amide bonds. The zero-order valence-electron chi connectivity index (χ0n) is 11.4. The first kappa shape index (κ1) is 13.4. The number of sulfone groups is 1. The van der Waals surface area contributed by atoms with Gasteiger partial charge < -0.3 is 10.2 Å². The summed E-state index contributed by atoms with van der Waals surface area (Å²) in [5.41, 5.74) is 1.28. The molecule has 2 aliphatic rings. The topological polar surface area (TPSA) is 66.5 Å². The highest BCUT2D eigenvalue weighted by molar-refractivity contribution is 7.90. The van der Waals surface area contributed by atoms with Crippen LogP contribution in [-0.2, 0) is 14.6 Å². The van der Waals surface area contributed by atoms with Crippen LogP contribution in [0.1, 0.15) is 25.7 Å². The van der Waals surface area contributed by atoms with Crippen molar-refractivity contribution in [2.75, 3.05) is 23.0 Å². The van der Waals surface area contributed by atoms with Crippen molar-refractivity contribution >= 4 is 27.1 Å². The summed E-state index contributed by atoms with van der Waals surface area (Å²) in [6.45, 7) is 0.804. The van der Waals surface area contributed by atoms with Crippen LogP contribution in [0.15, 0.2) is 23.1 Å².